The van der Waals surface area contributed by atoms with Gasteiger partial charge in [-0.15, -0.1) is 0 Å². The number of rotatable bonds is 5. The van der Waals surface area contributed by atoms with E-state index in [2.05, 4.69) is 10.2 Å². The zero-order chi connectivity index (χ0) is 21.9. The van der Waals surface area contributed by atoms with Gasteiger partial charge in [0.2, 0.25) is 0 Å². The third-order valence-electron chi connectivity index (χ3n) is 5.08. The molecule has 2 heterocycles. The summed E-state index contributed by atoms with van der Waals surface area (Å²) in [6, 6.07) is 6.76. The van der Waals surface area contributed by atoms with Crippen LogP contribution in [-0.2, 0) is 7.05 Å². The van der Waals surface area contributed by atoms with Crippen molar-refractivity contribution in [1.82, 2.24) is 14.4 Å². The number of hydrogen-bond donors (Lipinski definition) is 1. The first-order valence-electron chi connectivity index (χ1n) is 9.88. The number of anilines is 2. The van der Waals surface area contributed by atoms with Crippen LogP contribution in [0.5, 0.6) is 0 Å². The van der Waals surface area contributed by atoms with Crippen LogP contribution in [0.1, 0.15) is 47.2 Å². The summed E-state index contributed by atoms with van der Waals surface area (Å²) in [5.41, 5.74) is 1.85. The van der Waals surface area contributed by atoms with E-state index in [-0.39, 0.29) is 17.4 Å². The van der Waals surface area contributed by atoms with Crippen molar-refractivity contribution in [3.8, 4) is 0 Å². The highest BCUT2D eigenvalue weighted by Gasteiger charge is 2.34. The maximum absolute atomic E-state index is 14.3. The number of likely N-dealkylation sites (N-methyl/N-ethyl adjacent to an activating group) is 1. The van der Waals surface area contributed by atoms with Gasteiger partial charge in [-0.05, 0) is 44.8 Å². The number of hydrogen-bond acceptors (Lipinski definition) is 4. The number of aromatic nitrogens is 1. The Kier molecular flexibility index (Phi) is 7.19. The molecule has 1 fully saturated rings. The lowest BCUT2D eigenvalue weighted by molar-refractivity contribution is 0.0400. The van der Waals surface area contributed by atoms with E-state index in [1.54, 1.807) is 34.7 Å². The Morgan fingerprint density at radius 3 is 2.31 bits per heavy atom. The molecule has 1 aromatic heterocycles. The largest absolute Gasteiger partial charge is 0.339 e. The molecule has 6 nitrogen and oxygen atoms in total. The van der Waals surface area contributed by atoms with Gasteiger partial charge in [0.25, 0.3) is 5.91 Å². The van der Waals surface area contributed by atoms with Crippen molar-refractivity contribution in [2.24, 2.45) is 7.05 Å². The second-order valence-corrected chi connectivity index (χ2v) is 7.34. The van der Waals surface area contributed by atoms with E-state index in [9.17, 15) is 14.0 Å². The first-order valence-corrected chi connectivity index (χ1v) is 9.88. The number of carbonyl (C=O) groups excluding carboxylic acids is 2. The number of benzene rings is 1. The minimum absolute atomic E-state index is 0.154. The monoisotopic (exact) mass is 402 g/mol. The van der Waals surface area contributed by atoms with E-state index in [4.69, 9.17) is 0 Å². The van der Waals surface area contributed by atoms with Gasteiger partial charge in [0, 0.05) is 33.1 Å². The van der Waals surface area contributed by atoms with Gasteiger partial charge in [-0.2, -0.15) is 0 Å². The van der Waals surface area contributed by atoms with Gasteiger partial charge >= 0.3 is 0 Å². The standard InChI is InChI=1S/C20H25FN4O2.C2H6/c1-12-6-7-17(16(21)8-12)22-19-15(9-18(13(2)26)24(19)5)20(27)25-10-14(11-25)23(3)4;1-2/h6-9,14,22H,10-11H2,1-5H3;1-2H3. The lowest BCUT2D eigenvalue weighted by atomic mass is 10.1. The number of halogens is 1. The highest BCUT2D eigenvalue weighted by molar-refractivity contribution is 6.04. The molecule has 7 heteroatoms. The molecule has 158 valence electrons. The van der Waals surface area contributed by atoms with Crippen molar-refractivity contribution in [1.29, 1.82) is 0 Å². The molecular formula is C22H31FN4O2. The maximum Gasteiger partial charge on any atom is 0.257 e. The van der Waals surface area contributed by atoms with Gasteiger partial charge in [0.15, 0.2) is 5.78 Å². The first-order chi connectivity index (χ1) is 13.7. The van der Waals surface area contributed by atoms with Crippen LogP contribution in [0, 0.1) is 12.7 Å². The summed E-state index contributed by atoms with van der Waals surface area (Å²) < 4.78 is 15.9. The molecule has 29 heavy (non-hydrogen) atoms. The first kappa shape index (κ1) is 22.6. The molecule has 1 N–H and O–H groups in total. The van der Waals surface area contributed by atoms with E-state index in [1.807, 2.05) is 34.9 Å². The SMILES string of the molecule is CC.CC(=O)c1cc(C(=O)N2CC(N(C)C)C2)c(Nc2ccc(C)cc2F)n1C. The summed E-state index contributed by atoms with van der Waals surface area (Å²) in [5, 5.41) is 3.01. The molecule has 1 aromatic carbocycles. The van der Waals surface area contributed by atoms with Gasteiger partial charge in [-0.1, -0.05) is 19.9 Å². The quantitative estimate of drug-likeness (QED) is 0.773. The van der Waals surface area contributed by atoms with Crippen molar-refractivity contribution >= 4 is 23.2 Å². The van der Waals surface area contributed by atoms with Crippen molar-refractivity contribution in [3.63, 3.8) is 0 Å². The van der Waals surface area contributed by atoms with Gasteiger partial charge in [-0.25, -0.2) is 4.39 Å². The molecule has 2 aromatic rings. The fraction of sp³-hybridized carbons (Fsp3) is 0.455. The number of nitrogens with zero attached hydrogens (tertiary/aromatic N) is 3. The topological polar surface area (TPSA) is 57.6 Å². The molecule has 1 aliphatic rings. The van der Waals surface area contributed by atoms with E-state index in [0.29, 0.717) is 36.2 Å². The molecule has 0 atom stereocenters. The number of Topliss-reactive ketones (excluding diaryl/α,β-unsaturated/α-hetero) is 1. The molecule has 0 radical (unpaired) electrons. The van der Waals surface area contributed by atoms with Crippen LogP contribution >= 0.6 is 0 Å². The van der Waals surface area contributed by atoms with Crippen molar-refractivity contribution in [3.05, 3.63) is 46.9 Å². The number of nitrogens with one attached hydrogen (secondary N) is 1. The summed E-state index contributed by atoms with van der Waals surface area (Å²) in [5.74, 6) is -0.304. The predicted molar refractivity (Wildman–Crippen MR) is 115 cm³/mol. The van der Waals surface area contributed by atoms with E-state index in [0.717, 1.165) is 5.56 Å². The Morgan fingerprint density at radius 1 is 1.17 bits per heavy atom. The van der Waals surface area contributed by atoms with Crippen molar-refractivity contribution in [2.75, 3.05) is 32.5 Å². The molecular weight excluding hydrogens is 371 g/mol. The van der Waals surface area contributed by atoms with Crippen molar-refractivity contribution < 1.29 is 14.0 Å². The van der Waals surface area contributed by atoms with Gasteiger partial charge in [-0.3, -0.25) is 9.59 Å². The summed E-state index contributed by atoms with van der Waals surface area (Å²) in [6.45, 7) is 8.53. The fourth-order valence-electron chi connectivity index (χ4n) is 3.22. The predicted octanol–water partition coefficient (Wildman–Crippen LogP) is 3.83. The van der Waals surface area contributed by atoms with Crippen LogP contribution in [0.15, 0.2) is 24.3 Å². The summed E-state index contributed by atoms with van der Waals surface area (Å²) in [4.78, 5) is 28.8. The Bertz CT molecular complexity index is 898. The Balaban J connectivity index is 0.00000145. The Labute approximate surface area is 172 Å². The highest BCUT2D eigenvalue weighted by atomic mass is 19.1. The van der Waals surface area contributed by atoms with Crippen LogP contribution in [-0.4, -0.2) is 59.3 Å². The smallest absolute Gasteiger partial charge is 0.257 e. The third-order valence-corrected chi connectivity index (χ3v) is 5.08. The molecule has 1 saturated heterocycles. The zero-order valence-corrected chi connectivity index (χ0v) is 18.3. The number of carbonyl (C=O) groups is 2. The second kappa shape index (κ2) is 9.22. The molecule has 0 spiro atoms. The molecule has 0 aliphatic carbocycles. The summed E-state index contributed by atoms with van der Waals surface area (Å²) >= 11 is 0. The normalized spacial score (nSPS) is 13.6. The van der Waals surface area contributed by atoms with Gasteiger partial charge < -0.3 is 19.7 Å². The van der Waals surface area contributed by atoms with Gasteiger partial charge in [0.05, 0.1) is 16.9 Å². The van der Waals surface area contributed by atoms with E-state index in [1.165, 1.54) is 13.0 Å². The number of ketones is 1. The number of aryl methyl sites for hydroxylation is 1. The van der Waals surface area contributed by atoms with Crippen LogP contribution < -0.4 is 5.32 Å². The molecule has 1 amide bonds. The fourth-order valence-corrected chi connectivity index (χ4v) is 3.22. The van der Waals surface area contributed by atoms with Gasteiger partial charge in [0.1, 0.15) is 11.6 Å². The minimum atomic E-state index is -0.407. The third kappa shape index (κ3) is 4.67. The summed E-state index contributed by atoms with van der Waals surface area (Å²) in [6.07, 6.45) is 0. The van der Waals surface area contributed by atoms with Crippen molar-refractivity contribution in [2.45, 2.75) is 33.7 Å². The van der Waals surface area contributed by atoms with Crippen LogP contribution in [0.3, 0.4) is 0 Å². The molecule has 1 aliphatic heterocycles. The summed E-state index contributed by atoms with van der Waals surface area (Å²) in [7, 11) is 5.66. The molecule has 3 rings (SSSR count). The highest BCUT2D eigenvalue weighted by Crippen LogP contribution is 2.29. The van der Waals surface area contributed by atoms with Crippen LogP contribution in [0.25, 0.3) is 0 Å². The molecule has 0 bridgehead atoms. The number of likely N-dealkylation sites (tertiary alicyclic amines) is 1. The second-order valence-electron chi connectivity index (χ2n) is 7.34. The maximum atomic E-state index is 14.3. The Hall–Kier alpha value is -2.67. The molecule has 0 unspecified atom stereocenters. The van der Waals surface area contributed by atoms with Crippen LogP contribution in [0.2, 0.25) is 0 Å². The van der Waals surface area contributed by atoms with E-state index < -0.39 is 5.82 Å². The minimum Gasteiger partial charge on any atom is -0.339 e. The van der Waals surface area contributed by atoms with E-state index >= 15 is 0 Å². The lowest BCUT2D eigenvalue weighted by Crippen LogP contribution is -2.59. The number of amides is 1. The average molecular weight is 403 g/mol. The Morgan fingerprint density at radius 2 is 1.79 bits per heavy atom. The average Bonchev–Trinajstić information content (AvgIpc) is 2.94. The molecule has 0 saturated carbocycles. The zero-order valence-electron chi connectivity index (χ0n) is 18.3. The lowest BCUT2D eigenvalue weighted by Gasteiger charge is -2.42. The van der Waals surface area contributed by atoms with Crippen LogP contribution in [0.4, 0.5) is 15.9 Å².